The smallest absolute Gasteiger partial charge is 0.333 e. The number of anilines is 1. The number of piperidine rings is 1. The van der Waals surface area contributed by atoms with Crippen molar-refractivity contribution in [3.05, 3.63) is 15.8 Å². The molecule has 1 N–H and O–H groups in total. The lowest BCUT2D eigenvalue weighted by atomic mass is 9.98. The zero-order valence-electron chi connectivity index (χ0n) is 11.7. The van der Waals surface area contributed by atoms with Crippen LogP contribution in [0, 0.1) is 23.0 Å². The SMILES string of the molecule is CNCC1CCCN(c2c([N+](=O)[O-])c(C)nn2C)C1. The molecule has 1 atom stereocenters. The molecule has 0 aromatic carbocycles. The molecule has 0 radical (unpaired) electrons. The third-order valence-corrected chi connectivity index (χ3v) is 3.65. The summed E-state index contributed by atoms with van der Waals surface area (Å²) in [5.41, 5.74) is 0.630. The van der Waals surface area contributed by atoms with E-state index < -0.39 is 0 Å². The van der Waals surface area contributed by atoms with Gasteiger partial charge in [-0.1, -0.05) is 0 Å². The van der Waals surface area contributed by atoms with Crippen LogP contribution in [-0.2, 0) is 7.05 Å². The predicted octanol–water partition coefficient (Wildman–Crippen LogP) is 1.07. The summed E-state index contributed by atoms with van der Waals surface area (Å²) in [5.74, 6) is 1.18. The molecule has 0 amide bonds. The van der Waals surface area contributed by atoms with Crippen LogP contribution < -0.4 is 10.2 Å². The van der Waals surface area contributed by atoms with E-state index in [4.69, 9.17) is 0 Å². The summed E-state index contributed by atoms with van der Waals surface area (Å²) in [5, 5.41) is 18.6. The molecule has 0 saturated carbocycles. The van der Waals surface area contributed by atoms with E-state index in [9.17, 15) is 10.1 Å². The molecular formula is C12H21N5O2. The molecule has 1 aliphatic rings. The standard InChI is InChI=1S/C12H21N5O2/c1-9-11(17(18)19)12(15(3)14-9)16-6-4-5-10(8-16)7-13-2/h10,13H,4-8H2,1-3H3. The number of nitrogens with one attached hydrogen (secondary N) is 1. The predicted molar refractivity (Wildman–Crippen MR) is 73.5 cm³/mol. The molecule has 0 spiro atoms. The molecule has 1 unspecified atom stereocenters. The number of nitrogens with zero attached hydrogens (tertiary/aromatic N) is 4. The highest BCUT2D eigenvalue weighted by Gasteiger charge is 2.31. The second kappa shape index (κ2) is 5.56. The Morgan fingerprint density at radius 2 is 2.32 bits per heavy atom. The van der Waals surface area contributed by atoms with Gasteiger partial charge in [0.25, 0.3) is 0 Å². The Morgan fingerprint density at radius 1 is 1.58 bits per heavy atom. The lowest BCUT2D eigenvalue weighted by Gasteiger charge is -2.33. The van der Waals surface area contributed by atoms with Gasteiger partial charge in [0.05, 0.1) is 4.92 Å². The van der Waals surface area contributed by atoms with E-state index in [1.807, 2.05) is 7.05 Å². The molecule has 0 bridgehead atoms. The van der Waals surface area contributed by atoms with Crippen molar-refractivity contribution in [1.29, 1.82) is 0 Å². The third kappa shape index (κ3) is 2.70. The summed E-state index contributed by atoms with van der Waals surface area (Å²) in [7, 11) is 3.71. The van der Waals surface area contributed by atoms with E-state index in [1.165, 1.54) is 6.42 Å². The first-order valence-corrected chi connectivity index (χ1v) is 6.62. The van der Waals surface area contributed by atoms with Crippen LogP contribution in [0.5, 0.6) is 0 Å². The third-order valence-electron chi connectivity index (χ3n) is 3.65. The van der Waals surface area contributed by atoms with Crippen molar-refractivity contribution in [2.24, 2.45) is 13.0 Å². The van der Waals surface area contributed by atoms with E-state index in [-0.39, 0.29) is 10.6 Å². The largest absolute Gasteiger partial charge is 0.351 e. The minimum absolute atomic E-state index is 0.146. The van der Waals surface area contributed by atoms with Gasteiger partial charge in [0.1, 0.15) is 5.69 Å². The fourth-order valence-corrected chi connectivity index (χ4v) is 2.92. The molecule has 2 rings (SSSR count). The van der Waals surface area contributed by atoms with Crippen LogP contribution in [0.25, 0.3) is 0 Å². The summed E-state index contributed by atoms with van der Waals surface area (Å²) in [6.07, 6.45) is 2.23. The maximum absolute atomic E-state index is 11.2. The minimum atomic E-state index is -0.320. The molecule has 1 aromatic rings. The topological polar surface area (TPSA) is 76.2 Å². The minimum Gasteiger partial charge on any atom is -0.351 e. The van der Waals surface area contributed by atoms with Gasteiger partial charge in [-0.3, -0.25) is 10.1 Å². The quantitative estimate of drug-likeness (QED) is 0.652. The van der Waals surface area contributed by atoms with Gasteiger partial charge in [-0.2, -0.15) is 5.10 Å². The molecule has 1 saturated heterocycles. The Labute approximate surface area is 112 Å². The molecule has 2 heterocycles. The van der Waals surface area contributed by atoms with Crippen molar-refractivity contribution < 1.29 is 4.92 Å². The molecule has 0 aliphatic carbocycles. The number of hydrogen-bond acceptors (Lipinski definition) is 5. The number of aromatic nitrogens is 2. The summed E-state index contributed by atoms with van der Waals surface area (Å²) in [6.45, 7) is 4.35. The maximum Gasteiger partial charge on any atom is 0.333 e. The zero-order valence-corrected chi connectivity index (χ0v) is 11.7. The van der Waals surface area contributed by atoms with E-state index >= 15 is 0 Å². The van der Waals surface area contributed by atoms with Crippen LogP contribution in [0.15, 0.2) is 0 Å². The van der Waals surface area contributed by atoms with Gasteiger partial charge in [0.2, 0.25) is 5.82 Å². The van der Waals surface area contributed by atoms with Crippen LogP contribution in [0.4, 0.5) is 11.5 Å². The van der Waals surface area contributed by atoms with E-state index in [0.29, 0.717) is 17.4 Å². The van der Waals surface area contributed by atoms with Gasteiger partial charge in [-0.15, -0.1) is 0 Å². The highest BCUT2D eigenvalue weighted by molar-refractivity contribution is 5.61. The Morgan fingerprint density at radius 3 is 2.95 bits per heavy atom. The van der Waals surface area contributed by atoms with Crippen LogP contribution in [-0.4, -0.2) is 41.4 Å². The van der Waals surface area contributed by atoms with Crippen LogP contribution in [0.2, 0.25) is 0 Å². The average molecular weight is 267 g/mol. The normalized spacial score (nSPS) is 19.7. The van der Waals surface area contributed by atoms with E-state index in [2.05, 4.69) is 15.3 Å². The Balaban J connectivity index is 2.28. The second-order valence-corrected chi connectivity index (χ2v) is 5.15. The van der Waals surface area contributed by atoms with Crippen LogP contribution >= 0.6 is 0 Å². The first kappa shape index (κ1) is 13.8. The zero-order chi connectivity index (χ0) is 14.0. The number of aryl methyl sites for hydroxylation is 2. The van der Waals surface area contributed by atoms with Crippen molar-refractivity contribution in [3.63, 3.8) is 0 Å². The maximum atomic E-state index is 11.2. The summed E-state index contributed by atoms with van der Waals surface area (Å²) < 4.78 is 1.63. The van der Waals surface area contributed by atoms with E-state index in [0.717, 1.165) is 26.1 Å². The van der Waals surface area contributed by atoms with Gasteiger partial charge in [0.15, 0.2) is 0 Å². The Hall–Kier alpha value is -1.63. The molecule has 7 heteroatoms. The molecular weight excluding hydrogens is 246 g/mol. The molecule has 106 valence electrons. The lowest BCUT2D eigenvalue weighted by Crippen LogP contribution is -2.40. The van der Waals surface area contributed by atoms with Crippen molar-refractivity contribution in [3.8, 4) is 0 Å². The molecule has 1 aliphatic heterocycles. The summed E-state index contributed by atoms with van der Waals surface area (Å²) in [4.78, 5) is 13.0. The average Bonchev–Trinajstić information content (AvgIpc) is 2.65. The molecule has 19 heavy (non-hydrogen) atoms. The molecule has 1 fully saturated rings. The lowest BCUT2D eigenvalue weighted by molar-refractivity contribution is -0.384. The molecule has 7 nitrogen and oxygen atoms in total. The van der Waals surface area contributed by atoms with Crippen molar-refractivity contribution in [1.82, 2.24) is 15.1 Å². The number of rotatable bonds is 4. The first-order chi connectivity index (χ1) is 9.04. The van der Waals surface area contributed by atoms with Crippen molar-refractivity contribution in [2.75, 3.05) is 31.6 Å². The summed E-state index contributed by atoms with van der Waals surface area (Å²) >= 11 is 0. The van der Waals surface area contributed by atoms with Gasteiger partial charge >= 0.3 is 5.69 Å². The highest BCUT2D eigenvalue weighted by Crippen LogP contribution is 2.33. The second-order valence-electron chi connectivity index (χ2n) is 5.15. The Bertz CT molecular complexity index is 469. The van der Waals surface area contributed by atoms with Gasteiger partial charge in [-0.05, 0) is 39.3 Å². The monoisotopic (exact) mass is 267 g/mol. The fraction of sp³-hybridized carbons (Fsp3) is 0.750. The van der Waals surface area contributed by atoms with E-state index in [1.54, 1.807) is 18.7 Å². The number of nitro groups is 1. The van der Waals surface area contributed by atoms with Crippen LogP contribution in [0.1, 0.15) is 18.5 Å². The fourth-order valence-electron chi connectivity index (χ4n) is 2.92. The van der Waals surface area contributed by atoms with Crippen LogP contribution in [0.3, 0.4) is 0 Å². The van der Waals surface area contributed by atoms with Gasteiger partial charge < -0.3 is 10.2 Å². The molecule has 1 aromatic heterocycles. The van der Waals surface area contributed by atoms with Crippen molar-refractivity contribution >= 4 is 11.5 Å². The number of hydrogen-bond donors (Lipinski definition) is 1. The Kier molecular flexibility index (Phi) is 4.04. The highest BCUT2D eigenvalue weighted by atomic mass is 16.6. The van der Waals surface area contributed by atoms with Gasteiger partial charge in [0, 0.05) is 20.1 Å². The summed E-state index contributed by atoms with van der Waals surface area (Å²) in [6, 6.07) is 0. The van der Waals surface area contributed by atoms with Crippen molar-refractivity contribution in [2.45, 2.75) is 19.8 Å². The van der Waals surface area contributed by atoms with Gasteiger partial charge in [-0.25, -0.2) is 4.68 Å². The first-order valence-electron chi connectivity index (χ1n) is 6.62.